The number of methoxy groups -OCH3 is 1. The molecule has 0 amide bonds. The molecule has 0 saturated heterocycles. The van der Waals surface area contributed by atoms with E-state index in [1.807, 2.05) is 0 Å². The van der Waals surface area contributed by atoms with Gasteiger partial charge in [-0.15, -0.1) is 0 Å². The summed E-state index contributed by atoms with van der Waals surface area (Å²) in [5.74, 6) is 0.146. The first kappa shape index (κ1) is 10.4. The average Bonchev–Trinajstić information content (AvgIpc) is 2.15. The first-order valence-corrected chi connectivity index (χ1v) is 3.61. The Morgan fingerprint density at radius 1 is 1.36 bits per heavy atom. The van der Waals surface area contributed by atoms with E-state index in [4.69, 9.17) is 11.3 Å². The largest absolute Gasteiger partial charge is 0.508 e. The van der Waals surface area contributed by atoms with E-state index in [0.29, 0.717) is 0 Å². The summed E-state index contributed by atoms with van der Waals surface area (Å²) in [6.45, 7) is 6.67. The molecule has 2 nitrogen and oxygen atoms in total. The smallest absolute Gasteiger partial charge is 0.415 e. The molecule has 1 rings (SSSR count). The average molecular weight is 200 g/mol. The van der Waals surface area contributed by atoms with Crippen molar-refractivity contribution < 1.29 is 17.9 Å². The summed E-state index contributed by atoms with van der Waals surface area (Å²) >= 11 is 0. The van der Waals surface area contributed by atoms with E-state index in [0.717, 1.165) is 18.2 Å². The molecule has 0 N–H and O–H groups in total. The fraction of sp³-hybridized carbons (Fsp3) is 0.222. The van der Waals surface area contributed by atoms with E-state index in [1.54, 1.807) is 0 Å². The van der Waals surface area contributed by atoms with Crippen LogP contribution >= 0.6 is 0 Å². The molecule has 74 valence electrons. The van der Waals surface area contributed by atoms with Gasteiger partial charge < -0.3 is 4.74 Å². The second kappa shape index (κ2) is 3.58. The van der Waals surface area contributed by atoms with Gasteiger partial charge in [-0.25, -0.2) is 4.85 Å². The van der Waals surface area contributed by atoms with Crippen molar-refractivity contribution in [3.63, 3.8) is 0 Å². The van der Waals surface area contributed by atoms with E-state index >= 15 is 0 Å². The van der Waals surface area contributed by atoms with E-state index in [1.165, 1.54) is 7.11 Å². The fourth-order valence-electron chi connectivity index (χ4n) is 0.954. The maximum absolute atomic E-state index is 12.2. The molecule has 0 aliphatic heterocycles. The van der Waals surface area contributed by atoms with Crippen LogP contribution in [0.4, 0.5) is 18.9 Å². The molecular weight excluding hydrogens is 194 g/mol. The van der Waals surface area contributed by atoms with Crippen LogP contribution in [0.3, 0.4) is 0 Å². The first-order chi connectivity index (χ1) is 6.49. The molecule has 0 radical (unpaired) electrons. The van der Waals surface area contributed by atoms with Crippen LogP contribution in [-0.2, 0) is 6.18 Å². The molecule has 0 fully saturated rings. The Hall–Kier alpha value is -1.70. The van der Waals surface area contributed by atoms with Crippen LogP contribution in [-0.4, -0.2) is 7.11 Å². The normalized spacial score (nSPS) is 10.8. The summed E-state index contributed by atoms with van der Waals surface area (Å²) in [5, 5.41) is 0. The van der Waals surface area contributed by atoms with Crippen LogP contribution in [0.2, 0.25) is 0 Å². The van der Waals surface area contributed by atoms with Gasteiger partial charge in [0.15, 0.2) is 0 Å². The van der Waals surface area contributed by atoms with Gasteiger partial charge in [0, 0.05) is 5.56 Å². The molecular formula is C9H6F3NO. The lowest BCUT2D eigenvalue weighted by molar-refractivity contribution is -0.137. The first-order valence-electron chi connectivity index (χ1n) is 3.61. The van der Waals surface area contributed by atoms with Gasteiger partial charge in [-0.1, -0.05) is 0 Å². The third-order valence-corrected chi connectivity index (χ3v) is 1.63. The molecule has 0 aromatic heterocycles. The Kier molecular flexibility index (Phi) is 2.65. The van der Waals surface area contributed by atoms with Gasteiger partial charge in [-0.3, -0.25) is 0 Å². The Labute approximate surface area is 78.7 Å². The lowest BCUT2D eigenvalue weighted by atomic mass is 10.2. The van der Waals surface area contributed by atoms with Crippen molar-refractivity contribution in [3.05, 3.63) is 35.2 Å². The van der Waals surface area contributed by atoms with E-state index < -0.39 is 11.7 Å². The van der Waals surface area contributed by atoms with E-state index in [2.05, 4.69) is 4.85 Å². The number of ether oxygens (including phenoxy) is 1. The Bertz CT molecular complexity index is 379. The molecule has 1 aromatic carbocycles. The molecule has 0 unspecified atom stereocenters. The van der Waals surface area contributed by atoms with Crippen molar-refractivity contribution in [2.24, 2.45) is 0 Å². The van der Waals surface area contributed by atoms with Crippen LogP contribution < -0.4 is 4.74 Å². The molecule has 0 saturated carbocycles. The Morgan fingerprint density at radius 2 is 2.00 bits per heavy atom. The highest BCUT2D eigenvalue weighted by Crippen LogP contribution is 2.36. The summed E-state index contributed by atoms with van der Waals surface area (Å²) in [6, 6.07) is 2.79. The van der Waals surface area contributed by atoms with Gasteiger partial charge in [-0.2, -0.15) is 13.2 Å². The maximum Gasteiger partial charge on any atom is 0.415 e. The van der Waals surface area contributed by atoms with Crippen molar-refractivity contribution in [2.75, 3.05) is 7.11 Å². The molecule has 0 heterocycles. The molecule has 0 bridgehead atoms. The zero-order chi connectivity index (χ0) is 10.8. The molecule has 0 aliphatic rings. The number of benzene rings is 1. The summed E-state index contributed by atoms with van der Waals surface area (Å²) < 4.78 is 41.3. The van der Waals surface area contributed by atoms with Crippen LogP contribution in [0.15, 0.2) is 18.2 Å². The van der Waals surface area contributed by atoms with Gasteiger partial charge in [-0.05, 0) is 18.2 Å². The quantitative estimate of drug-likeness (QED) is 0.634. The number of nitrogens with zero attached hydrogens (tertiary/aromatic N) is 1. The van der Waals surface area contributed by atoms with Gasteiger partial charge in [0.2, 0.25) is 5.69 Å². The van der Waals surface area contributed by atoms with Gasteiger partial charge in [0.1, 0.15) is 5.75 Å². The van der Waals surface area contributed by atoms with Crippen molar-refractivity contribution in [3.8, 4) is 5.75 Å². The molecule has 0 aliphatic carbocycles. The third-order valence-electron chi connectivity index (χ3n) is 1.63. The number of halogens is 3. The van der Waals surface area contributed by atoms with Crippen molar-refractivity contribution in [2.45, 2.75) is 6.18 Å². The Morgan fingerprint density at radius 3 is 2.43 bits per heavy atom. The summed E-state index contributed by atoms with van der Waals surface area (Å²) in [4.78, 5) is 2.94. The lowest BCUT2D eigenvalue weighted by Crippen LogP contribution is -2.04. The van der Waals surface area contributed by atoms with Crippen LogP contribution in [0.25, 0.3) is 4.85 Å². The highest BCUT2D eigenvalue weighted by Gasteiger charge is 2.30. The highest BCUT2D eigenvalue weighted by molar-refractivity contribution is 5.59. The second-order valence-electron chi connectivity index (χ2n) is 2.50. The molecule has 14 heavy (non-hydrogen) atoms. The summed E-state index contributed by atoms with van der Waals surface area (Å²) in [6.07, 6.45) is -4.42. The minimum absolute atomic E-state index is 0.137. The second-order valence-corrected chi connectivity index (χ2v) is 2.50. The number of hydrogen-bond donors (Lipinski definition) is 0. The lowest BCUT2D eigenvalue weighted by Gasteiger charge is -2.08. The molecule has 0 atom stereocenters. The monoisotopic (exact) mass is 200 g/mol. The van der Waals surface area contributed by atoms with Gasteiger partial charge >= 0.3 is 6.18 Å². The van der Waals surface area contributed by atoms with Crippen molar-refractivity contribution in [1.29, 1.82) is 0 Å². The van der Waals surface area contributed by atoms with Gasteiger partial charge in [0.25, 0.3) is 0 Å². The zero-order valence-electron chi connectivity index (χ0n) is 7.22. The SMILES string of the molecule is COc1ccc(C(F)(F)F)cc1[N+]#[11C-]. The molecule has 0 spiro atoms. The van der Waals surface area contributed by atoms with Crippen molar-refractivity contribution in [1.82, 2.24) is 0 Å². The maximum atomic E-state index is 12.2. The van der Waals surface area contributed by atoms with Crippen LogP contribution in [0.1, 0.15) is 5.56 Å². The summed E-state index contributed by atoms with van der Waals surface area (Å²) in [7, 11) is 1.30. The Balaban J connectivity index is 3.23. The summed E-state index contributed by atoms with van der Waals surface area (Å²) in [5.41, 5.74) is -0.980. The van der Waals surface area contributed by atoms with Crippen LogP contribution in [0.5, 0.6) is 5.75 Å². The zero-order valence-corrected chi connectivity index (χ0v) is 7.22. The predicted molar refractivity (Wildman–Crippen MR) is 44.3 cm³/mol. The highest BCUT2D eigenvalue weighted by atomic mass is 19.4. The molecule has 1 aromatic rings. The van der Waals surface area contributed by atoms with Gasteiger partial charge in [0.05, 0.1) is 13.7 Å². The predicted octanol–water partition coefficient (Wildman–Crippen LogP) is 3.26. The fourth-order valence-corrected chi connectivity index (χ4v) is 0.954. The number of hydrogen-bond acceptors (Lipinski definition) is 1. The van der Waals surface area contributed by atoms with E-state index in [-0.39, 0.29) is 11.4 Å². The van der Waals surface area contributed by atoms with Crippen LogP contribution in [0, 0.1) is 6.57 Å². The third kappa shape index (κ3) is 1.96. The van der Waals surface area contributed by atoms with Crippen molar-refractivity contribution >= 4 is 5.69 Å². The topological polar surface area (TPSA) is 13.6 Å². The number of alkyl halides is 3. The minimum Gasteiger partial charge on any atom is -0.508 e. The standard InChI is InChI=1S/C9H6F3NO/c1-13-7-5-6(9(10,11)12)3-4-8(7)14-2/h3-5H,2H3/i1-1. The molecule has 5 heteroatoms. The number of rotatable bonds is 1. The minimum atomic E-state index is -4.42. The van der Waals surface area contributed by atoms with E-state index in [9.17, 15) is 13.2 Å².